The van der Waals surface area contributed by atoms with Crippen LogP contribution in [0.15, 0.2) is 0 Å². The van der Waals surface area contributed by atoms with E-state index >= 15 is 0 Å². The van der Waals surface area contributed by atoms with Crippen LogP contribution in [-0.4, -0.2) is 20.0 Å². The third-order valence-corrected chi connectivity index (χ3v) is 2.78. The summed E-state index contributed by atoms with van der Waals surface area (Å²) in [6.07, 6.45) is 8.07. The second kappa shape index (κ2) is 4.61. The molecule has 0 saturated heterocycles. The van der Waals surface area contributed by atoms with Crippen LogP contribution >= 0.6 is 0 Å². The highest BCUT2D eigenvalue weighted by molar-refractivity contribution is 5.59. The molecule has 12 heavy (non-hydrogen) atoms. The van der Waals surface area contributed by atoms with E-state index in [1.54, 1.807) is 7.11 Å². The lowest BCUT2D eigenvalue weighted by atomic mass is 9.83. The van der Waals surface area contributed by atoms with Crippen molar-refractivity contribution in [1.82, 2.24) is 0 Å². The van der Waals surface area contributed by atoms with Gasteiger partial charge >= 0.3 is 0 Å². The second-order valence-corrected chi connectivity index (χ2v) is 3.83. The molecule has 0 radical (unpaired) electrons. The molecule has 0 aromatic heterocycles. The highest BCUT2D eigenvalue weighted by atomic mass is 16.5. The Morgan fingerprint density at radius 3 is 2.25 bits per heavy atom. The van der Waals surface area contributed by atoms with Crippen molar-refractivity contribution in [2.45, 2.75) is 38.5 Å². The van der Waals surface area contributed by atoms with E-state index in [9.17, 15) is 4.79 Å². The fourth-order valence-corrected chi connectivity index (χ4v) is 2.02. The molecule has 1 rings (SSSR count). The van der Waals surface area contributed by atoms with Crippen molar-refractivity contribution in [2.75, 3.05) is 13.7 Å². The van der Waals surface area contributed by atoms with Crippen LogP contribution in [0.1, 0.15) is 38.5 Å². The van der Waals surface area contributed by atoms with E-state index in [-0.39, 0.29) is 5.41 Å². The van der Waals surface area contributed by atoms with Gasteiger partial charge in [-0.1, -0.05) is 25.7 Å². The fourth-order valence-electron chi connectivity index (χ4n) is 2.02. The SMILES string of the molecule is COCC1(C=O)CCCCCC1. The predicted octanol–water partition coefficient (Wildman–Crippen LogP) is 2.17. The third-order valence-electron chi connectivity index (χ3n) is 2.78. The number of aldehydes is 1. The van der Waals surface area contributed by atoms with E-state index in [4.69, 9.17) is 4.74 Å². The van der Waals surface area contributed by atoms with Gasteiger partial charge in [0.25, 0.3) is 0 Å². The smallest absolute Gasteiger partial charge is 0.128 e. The molecule has 0 heterocycles. The zero-order valence-electron chi connectivity index (χ0n) is 7.84. The van der Waals surface area contributed by atoms with Gasteiger partial charge < -0.3 is 9.53 Å². The lowest BCUT2D eigenvalue weighted by molar-refractivity contribution is -0.119. The molecule has 2 heteroatoms. The van der Waals surface area contributed by atoms with Crippen LogP contribution in [0.3, 0.4) is 0 Å². The van der Waals surface area contributed by atoms with Crippen molar-refractivity contribution >= 4 is 6.29 Å². The van der Waals surface area contributed by atoms with Crippen molar-refractivity contribution in [1.29, 1.82) is 0 Å². The maximum absolute atomic E-state index is 10.9. The van der Waals surface area contributed by atoms with Gasteiger partial charge in [-0.3, -0.25) is 0 Å². The minimum Gasteiger partial charge on any atom is -0.384 e. The van der Waals surface area contributed by atoms with Crippen LogP contribution in [0.2, 0.25) is 0 Å². The zero-order chi connectivity index (χ0) is 8.86. The first-order valence-corrected chi connectivity index (χ1v) is 4.78. The number of hydrogen-bond acceptors (Lipinski definition) is 2. The van der Waals surface area contributed by atoms with Gasteiger partial charge in [0, 0.05) is 12.5 Å². The highest BCUT2D eigenvalue weighted by Gasteiger charge is 2.30. The van der Waals surface area contributed by atoms with Gasteiger partial charge in [0.15, 0.2) is 0 Å². The average Bonchev–Trinajstić information content (AvgIpc) is 2.32. The summed E-state index contributed by atoms with van der Waals surface area (Å²) in [5, 5.41) is 0. The van der Waals surface area contributed by atoms with Gasteiger partial charge in [-0.25, -0.2) is 0 Å². The Bertz CT molecular complexity index is 135. The summed E-state index contributed by atoms with van der Waals surface area (Å²) in [4.78, 5) is 10.9. The van der Waals surface area contributed by atoms with Crippen LogP contribution in [-0.2, 0) is 9.53 Å². The molecule has 1 aliphatic carbocycles. The number of methoxy groups -OCH3 is 1. The van der Waals surface area contributed by atoms with E-state index in [2.05, 4.69) is 0 Å². The van der Waals surface area contributed by atoms with Crippen LogP contribution < -0.4 is 0 Å². The van der Waals surface area contributed by atoms with Gasteiger partial charge in [0.1, 0.15) is 6.29 Å². The number of carbonyl (C=O) groups is 1. The van der Waals surface area contributed by atoms with Crippen LogP contribution in [0.5, 0.6) is 0 Å². The maximum Gasteiger partial charge on any atom is 0.128 e. The van der Waals surface area contributed by atoms with E-state index in [1.165, 1.54) is 25.7 Å². The zero-order valence-corrected chi connectivity index (χ0v) is 7.84. The van der Waals surface area contributed by atoms with Crippen molar-refractivity contribution in [3.63, 3.8) is 0 Å². The molecule has 0 bridgehead atoms. The summed E-state index contributed by atoms with van der Waals surface area (Å²) in [6, 6.07) is 0. The molecule has 70 valence electrons. The molecule has 0 N–H and O–H groups in total. The van der Waals surface area contributed by atoms with E-state index in [0.29, 0.717) is 6.61 Å². The van der Waals surface area contributed by atoms with Gasteiger partial charge in [0.05, 0.1) is 6.61 Å². The Hall–Kier alpha value is -0.370. The van der Waals surface area contributed by atoms with E-state index in [0.717, 1.165) is 19.1 Å². The van der Waals surface area contributed by atoms with Crippen LogP contribution in [0.25, 0.3) is 0 Å². The standard InChI is InChI=1S/C10H18O2/c1-12-9-10(8-11)6-4-2-3-5-7-10/h8H,2-7,9H2,1H3. The highest BCUT2D eigenvalue weighted by Crippen LogP contribution is 2.33. The number of carbonyl (C=O) groups excluding carboxylic acids is 1. The van der Waals surface area contributed by atoms with E-state index < -0.39 is 0 Å². The lowest BCUT2D eigenvalue weighted by Crippen LogP contribution is -2.27. The summed E-state index contributed by atoms with van der Waals surface area (Å²) in [7, 11) is 1.68. The largest absolute Gasteiger partial charge is 0.384 e. The number of rotatable bonds is 3. The molecule has 0 amide bonds. The molecule has 0 aliphatic heterocycles. The van der Waals surface area contributed by atoms with E-state index in [1.807, 2.05) is 0 Å². The lowest BCUT2D eigenvalue weighted by Gasteiger charge is -2.24. The fraction of sp³-hybridized carbons (Fsp3) is 0.900. The summed E-state index contributed by atoms with van der Waals surface area (Å²) in [5.74, 6) is 0. The summed E-state index contributed by atoms with van der Waals surface area (Å²) in [5.41, 5.74) is -0.148. The topological polar surface area (TPSA) is 26.3 Å². The molecular weight excluding hydrogens is 152 g/mol. The summed E-state index contributed by atoms with van der Waals surface area (Å²) < 4.78 is 5.10. The molecule has 0 atom stereocenters. The summed E-state index contributed by atoms with van der Waals surface area (Å²) >= 11 is 0. The molecule has 0 unspecified atom stereocenters. The normalized spacial score (nSPS) is 23.1. The predicted molar refractivity (Wildman–Crippen MR) is 48.1 cm³/mol. The molecule has 0 aromatic carbocycles. The van der Waals surface area contributed by atoms with Gasteiger partial charge in [0.2, 0.25) is 0 Å². The average molecular weight is 170 g/mol. The van der Waals surface area contributed by atoms with Crippen LogP contribution in [0.4, 0.5) is 0 Å². The first kappa shape index (κ1) is 9.72. The number of ether oxygens (including phenoxy) is 1. The number of hydrogen-bond donors (Lipinski definition) is 0. The first-order chi connectivity index (χ1) is 5.83. The van der Waals surface area contributed by atoms with Gasteiger partial charge in [-0.05, 0) is 12.8 Å². The molecule has 0 spiro atoms. The Kier molecular flexibility index (Phi) is 3.73. The molecule has 1 fully saturated rings. The molecule has 1 aliphatic rings. The Labute approximate surface area is 74.3 Å². The molecular formula is C10H18O2. The van der Waals surface area contributed by atoms with Crippen LogP contribution in [0, 0.1) is 5.41 Å². The van der Waals surface area contributed by atoms with Gasteiger partial charge in [-0.2, -0.15) is 0 Å². The molecule has 0 aromatic rings. The quantitative estimate of drug-likeness (QED) is 0.479. The maximum atomic E-state index is 10.9. The minimum absolute atomic E-state index is 0.148. The third kappa shape index (κ3) is 2.31. The monoisotopic (exact) mass is 170 g/mol. The van der Waals surface area contributed by atoms with Gasteiger partial charge in [-0.15, -0.1) is 0 Å². The van der Waals surface area contributed by atoms with Crippen molar-refractivity contribution in [2.24, 2.45) is 5.41 Å². The molecule has 1 saturated carbocycles. The Morgan fingerprint density at radius 1 is 1.25 bits per heavy atom. The van der Waals surface area contributed by atoms with Crippen molar-refractivity contribution in [3.05, 3.63) is 0 Å². The second-order valence-electron chi connectivity index (χ2n) is 3.83. The first-order valence-electron chi connectivity index (χ1n) is 4.78. The Morgan fingerprint density at radius 2 is 1.83 bits per heavy atom. The minimum atomic E-state index is -0.148. The molecule has 2 nitrogen and oxygen atoms in total. The van der Waals surface area contributed by atoms with Crippen molar-refractivity contribution in [3.8, 4) is 0 Å². The Balaban J connectivity index is 2.54. The van der Waals surface area contributed by atoms with Crippen molar-refractivity contribution < 1.29 is 9.53 Å². The summed E-state index contributed by atoms with van der Waals surface area (Å²) in [6.45, 7) is 0.608.